The predicted octanol–water partition coefficient (Wildman–Crippen LogP) is 4.97. The average molecular weight is 409 g/mol. The van der Waals surface area contributed by atoms with Crippen molar-refractivity contribution in [2.75, 3.05) is 13.6 Å². The van der Waals surface area contributed by atoms with Crippen LogP contribution < -0.4 is 0 Å². The number of hydrogen-bond acceptors (Lipinski definition) is 3. The highest BCUT2D eigenvalue weighted by molar-refractivity contribution is 9.12. The second-order valence-corrected chi connectivity index (χ2v) is 9.24. The third-order valence-electron chi connectivity index (χ3n) is 3.96. The minimum absolute atomic E-state index is 0.204. The third kappa shape index (κ3) is 4.13. The Morgan fingerprint density at radius 3 is 2.53 bits per heavy atom. The molecule has 0 bridgehead atoms. The normalized spacial score (nSPS) is 23.8. The summed E-state index contributed by atoms with van der Waals surface area (Å²) in [6.45, 7) is 2.84. The van der Waals surface area contributed by atoms with Gasteiger partial charge in [0.2, 0.25) is 0 Å². The Bertz CT molecular complexity index is 452. The van der Waals surface area contributed by atoms with E-state index in [-0.39, 0.29) is 5.78 Å². The first kappa shape index (κ1) is 15.7. The molecule has 5 heteroatoms. The quantitative estimate of drug-likeness (QED) is 0.655. The Kier molecular flexibility index (Phi) is 5.64. The lowest BCUT2D eigenvalue weighted by molar-refractivity contribution is 0.0888. The average Bonchev–Trinajstić information content (AvgIpc) is 2.69. The zero-order valence-electron chi connectivity index (χ0n) is 11.3. The number of Topliss-reactive ketones (excluding diaryl/α,β-unsaturated/α-hetero) is 1. The molecule has 2 rings (SSSR count). The van der Waals surface area contributed by atoms with Crippen LogP contribution in [-0.2, 0) is 0 Å². The van der Waals surface area contributed by atoms with Crippen LogP contribution in [0.25, 0.3) is 0 Å². The Morgan fingerprint density at radius 2 is 2.00 bits per heavy atom. The van der Waals surface area contributed by atoms with Gasteiger partial charge in [0, 0.05) is 11.6 Å². The monoisotopic (exact) mass is 407 g/mol. The fraction of sp³-hybridized carbons (Fsp3) is 0.643. The molecule has 1 aliphatic carbocycles. The Labute approximate surface area is 135 Å². The van der Waals surface area contributed by atoms with Gasteiger partial charge in [-0.05, 0) is 76.6 Å². The molecule has 0 N–H and O–H groups in total. The summed E-state index contributed by atoms with van der Waals surface area (Å²) in [5.74, 6) is 1.05. The standard InChI is InChI=1S/C14H19Br2NOS/c1-9-3-5-10(6-4-9)17(2)8-12(18)11-7-13(15)19-14(11)16/h7,9-10H,3-6,8H2,1-2H3. The van der Waals surface area contributed by atoms with Crippen molar-refractivity contribution in [1.82, 2.24) is 4.90 Å². The highest BCUT2D eigenvalue weighted by atomic mass is 79.9. The maximum atomic E-state index is 12.3. The number of thiophene rings is 1. The van der Waals surface area contributed by atoms with Crippen LogP contribution >= 0.6 is 43.2 Å². The van der Waals surface area contributed by atoms with E-state index in [4.69, 9.17) is 0 Å². The van der Waals surface area contributed by atoms with Gasteiger partial charge in [-0.25, -0.2) is 0 Å². The topological polar surface area (TPSA) is 20.3 Å². The van der Waals surface area contributed by atoms with E-state index in [9.17, 15) is 4.79 Å². The van der Waals surface area contributed by atoms with E-state index < -0.39 is 0 Å². The lowest BCUT2D eigenvalue weighted by Gasteiger charge is -2.33. The number of nitrogens with zero attached hydrogens (tertiary/aromatic N) is 1. The zero-order valence-corrected chi connectivity index (χ0v) is 15.3. The summed E-state index contributed by atoms with van der Waals surface area (Å²) in [5.41, 5.74) is 0.799. The summed E-state index contributed by atoms with van der Waals surface area (Å²) >= 11 is 8.44. The van der Waals surface area contributed by atoms with E-state index in [1.165, 1.54) is 25.7 Å². The number of ketones is 1. The first-order chi connectivity index (χ1) is 8.97. The van der Waals surface area contributed by atoms with Crippen LogP contribution in [0.5, 0.6) is 0 Å². The van der Waals surface area contributed by atoms with Crippen molar-refractivity contribution in [2.24, 2.45) is 5.92 Å². The number of carbonyl (C=O) groups excluding carboxylic acids is 1. The predicted molar refractivity (Wildman–Crippen MR) is 88.1 cm³/mol. The molecule has 2 nitrogen and oxygen atoms in total. The van der Waals surface area contributed by atoms with Gasteiger partial charge in [-0.3, -0.25) is 9.69 Å². The number of hydrogen-bond donors (Lipinski definition) is 0. The van der Waals surface area contributed by atoms with Gasteiger partial charge in [-0.15, -0.1) is 11.3 Å². The highest BCUT2D eigenvalue weighted by Crippen LogP contribution is 2.32. The van der Waals surface area contributed by atoms with Crippen molar-refractivity contribution in [3.63, 3.8) is 0 Å². The Balaban J connectivity index is 1.93. The van der Waals surface area contributed by atoms with Gasteiger partial charge in [0.15, 0.2) is 5.78 Å². The molecule has 106 valence electrons. The van der Waals surface area contributed by atoms with E-state index in [2.05, 4.69) is 50.7 Å². The van der Waals surface area contributed by atoms with Gasteiger partial charge in [-0.2, -0.15) is 0 Å². The fourth-order valence-corrected chi connectivity index (χ4v) is 5.51. The van der Waals surface area contributed by atoms with E-state index in [1.807, 2.05) is 6.07 Å². The number of carbonyl (C=O) groups is 1. The molecular formula is C14H19Br2NOS. The van der Waals surface area contributed by atoms with Crippen LogP contribution in [0.3, 0.4) is 0 Å². The lowest BCUT2D eigenvalue weighted by atomic mass is 9.86. The Morgan fingerprint density at radius 1 is 1.37 bits per heavy atom. The molecule has 0 aromatic carbocycles. The third-order valence-corrected chi connectivity index (χ3v) is 6.30. The fourth-order valence-electron chi connectivity index (χ4n) is 2.65. The maximum absolute atomic E-state index is 12.3. The second-order valence-electron chi connectivity index (χ2n) is 5.49. The molecule has 0 amide bonds. The summed E-state index contributed by atoms with van der Waals surface area (Å²) in [7, 11) is 2.08. The van der Waals surface area contributed by atoms with Crippen molar-refractivity contribution >= 4 is 49.0 Å². The van der Waals surface area contributed by atoms with Gasteiger partial charge in [0.05, 0.1) is 14.1 Å². The smallest absolute Gasteiger partial charge is 0.178 e. The summed E-state index contributed by atoms with van der Waals surface area (Å²) in [6.07, 6.45) is 5.02. The molecule has 0 atom stereocenters. The molecule has 0 saturated heterocycles. The molecule has 1 heterocycles. The molecule has 1 fully saturated rings. The minimum atomic E-state index is 0.204. The van der Waals surface area contributed by atoms with Gasteiger partial charge in [-0.1, -0.05) is 6.92 Å². The summed E-state index contributed by atoms with van der Waals surface area (Å²) < 4.78 is 1.92. The van der Waals surface area contributed by atoms with Crippen molar-refractivity contribution < 1.29 is 4.79 Å². The van der Waals surface area contributed by atoms with Gasteiger partial charge in [0.25, 0.3) is 0 Å². The first-order valence-electron chi connectivity index (χ1n) is 6.65. The number of rotatable bonds is 4. The molecule has 1 aromatic rings. The van der Waals surface area contributed by atoms with Gasteiger partial charge < -0.3 is 0 Å². The minimum Gasteiger partial charge on any atom is -0.296 e. The van der Waals surface area contributed by atoms with Crippen LogP contribution in [0.4, 0.5) is 0 Å². The molecule has 1 aliphatic rings. The van der Waals surface area contributed by atoms with Gasteiger partial charge in [0.1, 0.15) is 0 Å². The highest BCUT2D eigenvalue weighted by Gasteiger charge is 2.24. The molecule has 0 radical (unpaired) electrons. The SMILES string of the molecule is CC1CCC(N(C)CC(=O)c2cc(Br)sc2Br)CC1. The second kappa shape index (κ2) is 6.83. The van der Waals surface area contributed by atoms with E-state index in [1.54, 1.807) is 11.3 Å². The molecular weight excluding hydrogens is 390 g/mol. The van der Waals surface area contributed by atoms with Crippen molar-refractivity contribution in [2.45, 2.75) is 38.6 Å². The van der Waals surface area contributed by atoms with E-state index in [0.717, 1.165) is 19.1 Å². The largest absolute Gasteiger partial charge is 0.296 e. The van der Waals surface area contributed by atoms with Crippen molar-refractivity contribution in [1.29, 1.82) is 0 Å². The summed E-state index contributed by atoms with van der Waals surface area (Å²) in [6, 6.07) is 2.48. The molecule has 1 saturated carbocycles. The summed E-state index contributed by atoms with van der Waals surface area (Å²) in [5, 5.41) is 0. The number of halogens is 2. The molecule has 0 spiro atoms. The van der Waals surface area contributed by atoms with Crippen molar-refractivity contribution in [3.8, 4) is 0 Å². The maximum Gasteiger partial charge on any atom is 0.178 e. The van der Waals surface area contributed by atoms with Crippen LogP contribution in [0.1, 0.15) is 43.0 Å². The van der Waals surface area contributed by atoms with Crippen LogP contribution in [0.2, 0.25) is 0 Å². The van der Waals surface area contributed by atoms with E-state index in [0.29, 0.717) is 12.6 Å². The van der Waals surface area contributed by atoms with E-state index >= 15 is 0 Å². The van der Waals surface area contributed by atoms with Crippen molar-refractivity contribution in [3.05, 3.63) is 19.2 Å². The van der Waals surface area contributed by atoms with Crippen LogP contribution in [-0.4, -0.2) is 30.3 Å². The van der Waals surface area contributed by atoms with Crippen LogP contribution in [0, 0.1) is 5.92 Å². The number of likely N-dealkylation sites (N-methyl/N-ethyl adjacent to an activating group) is 1. The summed E-state index contributed by atoms with van der Waals surface area (Å²) in [4.78, 5) is 14.5. The lowest BCUT2D eigenvalue weighted by Crippen LogP contribution is -2.38. The molecule has 1 aromatic heterocycles. The molecule has 0 aliphatic heterocycles. The zero-order chi connectivity index (χ0) is 14.0. The van der Waals surface area contributed by atoms with Gasteiger partial charge >= 0.3 is 0 Å². The molecule has 0 unspecified atom stereocenters. The molecule has 19 heavy (non-hydrogen) atoms. The Hall–Kier alpha value is 0.290. The first-order valence-corrected chi connectivity index (χ1v) is 9.06. The van der Waals surface area contributed by atoms with Crippen LogP contribution in [0.15, 0.2) is 13.6 Å².